The smallest absolute Gasteiger partial charge is 0.257 e. The van der Waals surface area contributed by atoms with E-state index in [1.165, 1.54) is 0 Å². The molecule has 11 heavy (non-hydrogen) atoms. The van der Waals surface area contributed by atoms with Gasteiger partial charge >= 0.3 is 6.18 Å². The van der Waals surface area contributed by atoms with E-state index >= 15 is 0 Å². The van der Waals surface area contributed by atoms with Crippen LogP contribution in [-0.4, -0.2) is 9.97 Å². The van der Waals surface area contributed by atoms with E-state index in [-0.39, 0.29) is 0 Å². The highest BCUT2D eigenvalue weighted by atomic mass is 19.4. The summed E-state index contributed by atoms with van der Waals surface area (Å²) >= 11 is 0. The summed E-state index contributed by atoms with van der Waals surface area (Å²) in [4.78, 5) is 6.28. The molecule has 0 aliphatic rings. The highest BCUT2D eigenvalue weighted by Crippen LogP contribution is 2.28. The predicted molar refractivity (Wildman–Crippen MR) is 30.4 cm³/mol. The van der Waals surface area contributed by atoms with E-state index in [4.69, 9.17) is 6.92 Å². The van der Waals surface area contributed by atoms with E-state index in [0.29, 0.717) is 0 Å². The van der Waals surface area contributed by atoms with Gasteiger partial charge in [-0.1, -0.05) is 0 Å². The molecule has 1 heterocycles. The van der Waals surface area contributed by atoms with Crippen LogP contribution in [0.5, 0.6) is 0 Å². The van der Waals surface area contributed by atoms with Gasteiger partial charge in [0, 0.05) is 19.3 Å². The molecule has 0 unspecified atom stereocenters. The Morgan fingerprint density at radius 1 is 1.18 bits per heavy atom. The summed E-state index contributed by atoms with van der Waals surface area (Å²) in [6.45, 7) is 4.91. The summed E-state index contributed by atoms with van der Waals surface area (Å²) in [6, 6.07) is 0. The first-order valence-corrected chi connectivity index (χ1v) is 2.65. The summed E-state index contributed by atoms with van der Waals surface area (Å²) in [5, 5.41) is 0. The van der Waals surface area contributed by atoms with Gasteiger partial charge < -0.3 is 0 Å². The largest absolute Gasteiger partial charge is 0.435 e. The normalized spacial score (nSPS) is 11.6. The van der Waals surface area contributed by atoms with Crippen molar-refractivity contribution in [3.63, 3.8) is 0 Å². The molecule has 0 saturated carbocycles. The van der Waals surface area contributed by atoms with Crippen LogP contribution >= 0.6 is 0 Å². The van der Waals surface area contributed by atoms with Crippen molar-refractivity contribution in [2.75, 3.05) is 0 Å². The van der Waals surface area contributed by atoms with Gasteiger partial charge in [0.25, 0.3) is 0 Å². The molecule has 5 heteroatoms. The van der Waals surface area contributed by atoms with Crippen LogP contribution < -0.4 is 0 Å². The fraction of sp³-hybridized carbons (Fsp3) is 0.167. The fourth-order valence-corrected chi connectivity index (χ4v) is 0.567. The molecular formula is C6H3F3N2. The summed E-state index contributed by atoms with van der Waals surface area (Å²) < 4.78 is 35.6. The van der Waals surface area contributed by atoms with Gasteiger partial charge in [-0.15, -0.1) is 0 Å². The lowest BCUT2D eigenvalue weighted by molar-refractivity contribution is -0.141. The monoisotopic (exact) mass is 160 g/mol. The third-order valence-electron chi connectivity index (χ3n) is 0.995. The zero-order valence-corrected chi connectivity index (χ0v) is 5.26. The molecule has 2 radical (unpaired) electrons. The molecule has 0 fully saturated rings. The minimum atomic E-state index is -4.52. The van der Waals surface area contributed by atoms with E-state index in [1.54, 1.807) is 0 Å². The van der Waals surface area contributed by atoms with E-state index in [2.05, 4.69) is 9.97 Å². The molecule has 0 saturated heterocycles. The number of alkyl halides is 3. The van der Waals surface area contributed by atoms with Gasteiger partial charge in [-0.05, 0) is 0 Å². The molecule has 0 N–H and O–H groups in total. The number of hydrogen-bond donors (Lipinski definition) is 0. The molecule has 0 bridgehead atoms. The van der Waals surface area contributed by atoms with Gasteiger partial charge in [-0.2, -0.15) is 13.2 Å². The third kappa shape index (κ3) is 1.66. The fourth-order valence-electron chi connectivity index (χ4n) is 0.567. The van der Waals surface area contributed by atoms with Crippen molar-refractivity contribution < 1.29 is 13.2 Å². The molecule has 0 amide bonds. The quantitative estimate of drug-likeness (QED) is 0.575. The molecule has 1 rings (SSSR count). The van der Waals surface area contributed by atoms with E-state index in [1.807, 2.05) is 0 Å². The maximum absolute atomic E-state index is 11.9. The van der Waals surface area contributed by atoms with E-state index in [0.717, 1.165) is 12.4 Å². The lowest BCUT2D eigenvalue weighted by atomic mass is 10.3. The van der Waals surface area contributed by atoms with Crippen LogP contribution in [0.15, 0.2) is 12.4 Å². The number of halogens is 3. The van der Waals surface area contributed by atoms with Gasteiger partial charge in [-0.3, -0.25) is 4.98 Å². The van der Waals surface area contributed by atoms with Crippen LogP contribution in [0.4, 0.5) is 13.2 Å². The number of hydrogen-bond acceptors (Lipinski definition) is 2. The van der Waals surface area contributed by atoms with Crippen molar-refractivity contribution in [2.24, 2.45) is 0 Å². The van der Waals surface area contributed by atoms with Crippen LogP contribution in [-0.2, 0) is 6.18 Å². The molecular weight excluding hydrogens is 157 g/mol. The molecule has 0 aromatic carbocycles. The SMILES string of the molecule is [CH]c1nccnc1C(F)(F)F. The summed E-state index contributed by atoms with van der Waals surface area (Å²) in [7, 11) is 0. The third-order valence-corrected chi connectivity index (χ3v) is 0.995. The zero-order valence-electron chi connectivity index (χ0n) is 5.26. The molecule has 1 aromatic heterocycles. The molecule has 0 spiro atoms. The van der Waals surface area contributed by atoms with Crippen molar-refractivity contribution in [1.82, 2.24) is 9.97 Å². The second kappa shape index (κ2) is 2.48. The minimum absolute atomic E-state index is 0.597. The van der Waals surface area contributed by atoms with Gasteiger partial charge in [-0.25, -0.2) is 4.98 Å². The van der Waals surface area contributed by atoms with Gasteiger partial charge in [0.2, 0.25) is 0 Å². The number of rotatable bonds is 0. The lowest BCUT2D eigenvalue weighted by Crippen LogP contribution is -2.10. The first-order valence-electron chi connectivity index (χ1n) is 2.65. The zero-order chi connectivity index (χ0) is 8.48. The predicted octanol–water partition coefficient (Wildman–Crippen LogP) is 1.55. The molecule has 1 aromatic rings. The molecule has 0 atom stereocenters. The second-order valence-electron chi connectivity index (χ2n) is 1.79. The van der Waals surface area contributed by atoms with Crippen LogP contribution in [0.3, 0.4) is 0 Å². The van der Waals surface area contributed by atoms with Crippen molar-refractivity contribution in [2.45, 2.75) is 6.18 Å². The van der Waals surface area contributed by atoms with Crippen LogP contribution in [0.2, 0.25) is 0 Å². The van der Waals surface area contributed by atoms with Crippen LogP contribution in [0.1, 0.15) is 11.4 Å². The first-order chi connectivity index (χ1) is 5.02. The average Bonchev–Trinajstić information content (AvgIpc) is 1.86. The lowest BCUT2D eigenvalue weighted by Gasteiger charge is -2.05. The average molecular weight is 160 g/mol. The van der Waals surface area contributed by atoms with E-state index < -0.39 is 17.6 Å². The molecule has 0 aliphatic heterocycles. The highest BCUT2D eigenvalue weighted by molar-refractivity contribution is 5.16. The Hall–Kier alpha value is -1.13. The Kier molecular flexibility index (Phi) is 1.80. The summed E-state index contributed by atoms with van der Waals surface area (Å²) in [6.07, 6.45) is -2.47. The molecule has 58 valence electrons. The number of aromatic nitrogens is 2. The van der Waals surface area contributed by atoms with Crippen molar-refractivity contribution in [1.29, 1.82) is 0 Å². The summed E-state index contributed by atoms with van der Waals surface area (Å²) in [5.74, 6) is 0. The maximum atomic E-state index is 11.9. The van der Waals surface area contributed by atoms with Gasteiger partial charge in [0.15, 0.2) is 5.69 Å². The Bertz CT molecular complexity index is 256. The van der Waals surface area contributed by atoms with Crippen LogP contribution in [0, 0.1) is 6.92 Å². The van der Waals surface area contributed by atoms with Crippen molar-refractivity contribution in [3.05, 3.63) is 30.7 Å². The molecule has 2 nitrogen and oxygen atoms in total. The Labute approximate surface area is 61.1 Å². The Morgan fingerprint density at radius 3 is 2.09 bits per heavy atom. The maximum Gasteiger partial charge on any atom is 0.435 e. The topological polar surface area (TPSA) is 25.8 Å². The molecule has 0 aliphatic carbocycles. The Morgan fingerprint density at radius 2 is 1.73 bits per heavy atom. The van der Waals surface area contributed by atoms with E-state index in [9.17, 15) is 13.2 Å². The van der Waals surface area contributed by atoms with Crippen LogP contribution in [0.25, 0.3) is 0 Å². The van der Waals surface area contributed by atoms with Crippen molar-refractivity contribution in [3.8, 4) is 0 Å². The minimum Gasteiger partial charge on any atom is -0.257 e. The Balaban J connectivity index is 3.14. The van der Waals surface area contributed by atoms with Crippen molar-refractivity contribution >= 4 is 0 Å². The summed E-state index contributed by atoms with van der Waals surface area (Å²) in [5.41, 5.74) is -1.74. The second-order valence-corrected chi connectivity index (χ2v) is 1.79. The highest BCUT2D eigenvalue weighted by Gasteiger charge is 2.34. The van der Waals surface area contributed by atoms with Gasteiger partial charge in [0.1, 0.15) is 0 Å². The van der Waals surface area contributed by atoms with Gasteiger partial charge in [0.05, 0.1) is 5.69 Å². The standard InChI is InChI=1S/C6H3F3N2/c1-4-5(6(7,8)9)11-3-2-10-4/h1-3H. The first kappa shape index (κ1) is 7.97. The number of nitrogens with zero attached hydrogens (tertiary/aromatic N) is 2.